The first-order valence-corrected chi connectivity index (χ1v) is 49.4. The number of aliphatic carboxylic acids is 1. The number of nitrogens with zero attached hydrogens (tertiary/aromatic N) is 10. The van der Waals surface area contributed by atoms with Gasteiger partial charge in [-0.2, -0.15) is 0 Å². The second-order valence-corrected chi connectivity index (χ2v) is 36.6. The van der Waals surface area contributed by atoms with Crippen molar-refractivity contribution in [3.8, 4) is 56.7 Å². The minimum Gasteiger partial charge on any atom is -0.481 e. The number of pyridine rings is 4. The van der Waals surface area contributed by atoms with E-state index in [0.717, 1.165) is 107 Å². The molecule has 2 aliphatic carbocycles. The molecule has 0 radical (unpaired) electrons. The van der Waals surface area contributed by atoms with Gasteiger partial charge in [0.05, 0.1) is 137 Å². The smallest absolute Gasteiger partial charge is 0.303 e. The van der Waals surface area contributed by atoms with Crippen LogP contribution in [0.25, 0.3) is 79.0 Å². The van der Waals surface area contributed by atoms with Crippen molar-refractivity contribution in [3.63, 3.8) is 0 Å². The number of hydrogen-bond acceptors (Lipinski definition) is 28. The SMILES string of the molecule is CC1(c2ccc(-n3c(-c4cccnc4N)nc4ccc(-c5cccc(CCC(=O)O)c5)nc43)cc2)CCC1.NCCOCCOCCOCCOCCCc1cccc2c1C(=O)N(C1CCC(=O)NC1=O)C2=O.Nc1ncccc1-c1nc2ccc(-c3cccc(CCC(=O)NCCOCCOCCOCCOCCCc4cccc5c4C(=O)N(C4CCC(=O)NC4=O)C5=O)c3)nc2n1-c1ccc(C2(N)CCC2)cc1. The maximum Gasteiger partial charge on any atom is 0.303 e. The van der Waals surface area contributed by atoms with Crippen molar-refractivity contribution in [1.82, 2.24) is 64.8 Å². The maximum absolute atomic E-state index is 13.3. The van der Waals surface area contributed by atoms with Crippen LogP contribution < -0.4 is 38.9 Å². The Morgan fingerprint density at radius 2 is 0.848 bits per heavy atom. The fourth-order valence-electron chi connectivity index (χ4n) is 18.7. The Labute approximate surface area is 838 Å². The Morgan fingerprint density at radius 1 is 0.441 bits per heavy atom. The molecular weight excluding hydrogens is 1850 g/mol. The highest BCUT2D eigenvalue weighted by Crippen LogP contribution is 2.45. The van der Waals surface area contributed by atoms with Crippen LogP contribution in [0.15, 0.2) is 194 Å². The molecule has 12 N–H and O–H groups in total. The van der Waals surface area contributed by atoms with Crippen molar-refractivity contribution in [3.05, 3.63) is 250 Å². The molecule has 6 aromatic heterocycles. The number of nitrogen functional groups attached to an aromatic ring is 2. The molecule has 6 aliphatic rings. The molecule has 10 heterocycles. The Bertz CT molecular complexity index is 6680. The number of carboxylic acids is 1. The number of rotatable bonds is 47. The van der Waals surface area contributed by atoms with Gasteiger partial charge in [0, 0.05) is 92.4 Å². The van der Waals surface area contributed by atoms with Crippen LogP contribution in [0.3, 0.4) is 0 Å². The van der Waals surface area contributed by atoms with Gasteiger partial charge in [0.2, 0.25) is 29.5 Å². The molecule has 2 unspecified atom stereocenters. The van der Waals surface area contributed by atoms with Crippen molar-refractivity contribution in [1.29, 1.82) is 0 Å². The number of nitrogens with two attached hydrogens (primary N) is 4. The highest BCUT2D eigenvalue weighted by atomic mass is 16.6. The first kappa shape index (κ1) is 103. The van der Waals surface area contributed by atoms with Crippen molar-refractivity contribution >= 4 is 93.1 Å². The molecule has 0 spiro atoms. The summed E-state index contributed by atoms with van der Waals surface area (Å²) in [7, 11) is 0. The molecule has 36 nitrogen and oxygen atoms in total. The number of benzene rings is 6. The zero-order valence-electron chi connectivity index (χ0n) is 81.2. The number of carboxylic acid groups (broad SMARTS) is 1. The average Bonchev–Trinajstić information content (AvgIpc) is 1.74. The summed E-state index contributed by atoms with van der Waals surface area (Å²) in [6.45, 7) is 10.2. The van der Waals surface area contributed by atoms with Crippen LogP contribution in [0.1, 0.15) is 172 Å². The molecule has 4 aliphatic heterocycles. The van der Waals surface area contributed by atoms with Crippen LogP contribution >= 0.6 is 0 Å². The van der Waals surface area contributed by atoms with E-state index in [9.17, 15) is 47.9 Å². The quantitative estimate of drug-likeness (QED) is 0.0130. The highest BCUT2D eigenvalue weighted by molar-refractivity contribution is 6.25. The van der Waals surface area contributed by atoms with Gasteiger partial charge in [-0.05, 0) is 219 Å². The predicted molar refractivity (Wildman–Crippen MR) is 541 cm³/mol. The summed E-state index contributed by atoms with van der Waals surface area (Å²) in [5.74, 6) is -2.82. The maximum atomic E-state index is 13.3. The zero-order chi connectivity index (χ0) is 101. The largest absolute Gasteiger partial charge is 0.481 e. The normalized spacial score (nSPS) is 16.1. The van der Waals surface area contributed by atoms with E-state index in [1.165, 1.54) is 24.8 Å². The van der Waals surface area contributed by atoms with Gasteiger partial charge in [-0.15, -0.1) is 0 Å². The lowest BCUT2D eigenvalue weighted by Crippen LogP contribution is -2.54. The van der Waals surface area contributed by atoms with Gasteiger partial charge >= 0.3 is 5.97 Å². The van der Waals surface area contributed by atoms with E-state index in [-0.39, 0.29) is 54.5 Å². The lowest BCUT2D eigenvalue weighted by Gasteiger charge is -2.39. The van der Waals surface area contributed by atoms with Crippen LogP contribution in [-0.2, 0) is 103 Å². The van der Waals surface area contributed by atoms with Crippen LogP contribution in [0.4, 0.5) is 11.6 Å². The lowest BCUT2D eigenvalue weighted by molar-refractivity contribution is -0.137. The zero-order valence-corrected chi connectivity index (χ0v) is 81.2. The third-order valence-electron chi connectivity index (χ3n) is 26.7. The van der Waals surface area contributed by atoms with Gasteiger partial charge < -0.3 is 71.3 Å². The molecule has 9 amide bonds. The molecule has 0 bridgehead atoms. The summed E-state index contributed by atoms with van der Waals surface area (Å²) in [4.78, 5) is 154. The van der Waals surface area contributed by atoms with Gasteiger partial charge in [0.15, 0.2) is 22.9 Å². The fraction of sp³-hybridized carbons (Fsp3) is 0.376. The number of carbonyl (C=O) groups excluding carboxylic acids is 9. The Hall–Kier alpha value is -14.4. The molecule has 36 heteroatoms. The van der Waals surface area contributed by atoms with E-state index in [1.54, 1.807) is 42.7 Å². The van der Waals surface area contributed by atoms with Gasteiger partial charge in [-0.25, -0.2) is 29.9 Å². The first-order valence-electron chi connectivity index (χ1n) is 49.4. The van der Waals surface area contributed by atoms with Crippen molar-refractivity contribution in [2.24, 2.45) is 11.5 Å². The number of piperidine rings is 2. The molecule has 12 aromatic rings. The van der Waals surface area contributed by atoms with E-state index >= 15 is 0 Å². The summed E-state index contributed by atoms with van der Waals surface area (Å²) in [5.41, 5.74) is 41.3. The van der Waals surface area contributed by atoms with E-state index in [1.807, 2.05) is 106 Å². The third kappa shape index (κ3) is 25.3. The van der Waals surface area contributed by atoms with Gasteiger partial charge in [-0.1, -0.05) is 98.3 Å². The molecule has 18 rings (SSSR count). The number of imide groups is 4. The molecule has 756 valence electrons. The van der Waals surface area contributed by atoms with Crippen molar-refractivity contribution in [2.45, 2.75) is 146 Å². The van der Waals surface area contributed by atoms with E-state index < -0.39 is 65.3 Å². The second-order valence-electron chi connectivity index (χ2n) is 36.6. The number of imidazole rings is 2. The minimum atomic E-state index is -0.998. The average molecular weight is 1970 g/mol. The highest BCUT2D eigenvalue weighted by Gasteiger charge is 2.48. The molecule has 4 fully saturated rings. The van der Waals surface area contributed by atoms with Crippen LogP contribution in [0.5, 0.6) is 0 Å². The number of hydrogen-bond donors (Lipinski definition) is 8. The molecule has 6 aromatic carbocycles. The predicted octanol–water partition coefficient (Wildman–Crippen LogP) is 11.5. The Morgan fingerprint density at radius 3 is 1.26 bits per heavy atom. The summed E-state index contributed by atoms with van der Waals surface area (Å²) in [6.07, 6.45) is 14.3. The third-order valence-corrected chi connectivity index (χ3v) is 26.7. The topological polar surface area (TPSA) is 499 Å². The number of nitrogens with one attached hydrogen (secondary N) is 3. The number of fused-ring (bicyclic) bond motifs is 4. The Balaban J connectivity index is 0.000000173. The van der Waals surface area contributed by atoms with E-state index in [0.29, 0.717) is 220 Å². The van der Waals surface area contributed by atoms with Crippen LogP contribution in [-0.4, -0.2) is 244 Å². The summed E-state index contributed by atoms with van der Waals surface area (Å²) in [5, 5.41) is 16.4. The Kier molecular flexibility index (Phi) is 35.1. The van der Waals surface area contributed by atoms with E-state index in [4.69, 9.17) is 85.9 Å². The molecule has 2 saturated heterocycles. The molecule has 145 heavy (non-hydrogen) atoms. The summed E-state index contributed by atoms with van der Waals surface area (Å²) >= 11 is 0. The molecule has 2 saturated carbocycles. The van der Waals surface area contributed by atoms with Gasteiger partial charge in [0.1, 0.15) is 34.8 Å². The number of amides is 9. The number of ether oxygens (including phenoxy) is 8. The summed E-state index contributed by atoms with van der Waals surface area (Å²) < 4.78 is 48.2. The van der Waals surface area contributed by atoms with E-state index in [2.05, 4.69) is 87.4 Å². The minimum absolute atomic E-state index is 0.0652. The van der Waals surface area contributed by atoms with Crippen LogP contribution in [0.2, 0.25) is 0 Å². The van der Waals surface area contributed by atoms with Crippen molar-refractivity contribution < 1.29 is 90.9 Å². The van der Waals surface area contributed by atoms with Crippen LogP contribution in [0, 0.1) is 0 Å². The van der Waals surface area contributed by atoms with Gasteiger partial charge in [-0.3, -0.25) is 77.5 Å². The second kappa shape index (κ2) is 49.2. The fourth-order valence-corrected chi connectivity index (χ4v) is 18.7. The monoisotopic (exact) mass is 1970 g/mol. The number of aryl methyl sites for hydroxylation is 4. The van der Waals surface area contributed by atoms with Gasteiger partial charge in [0.25, 0.3) is 23.6 Å². The first-order chi connectivity index (χ1) is 70.5. The summed E-state index contributed by atoms with van der Waals surface area (Å²) in [6, 6.07) is 56.6. The number of carbonyl (C=O) groups is 10. The number of anilines is 2. The standard InChI is InChI=1S/C54H59N9O9.C31H29N5O2.C24H33N3O8/c55-48-41(11-3-24-58-48)49-60-43-18-17-42(59-50(43)62(49)39-15-13-38(14-16-39)54(56)22-5-23-54)37-8-1-6-35(34-37)12-20-45(64)57-25-27-70-29-31-72-33-32-71-30-28-69-26-4-9-36-7-2-10-40-47(36)53(68)63(52(40)67)44-19-21-46(65)61-51(44)66;1-31(16-4-17-31)22-9-11-23(12-10-22)36-29(24-7-3-18-33-28(24)32)35-26-14-13-25(34-30(26)36)21-6-2-5-20(19-21)8-15-27(37)38;25-8-10-33-12-14-35-16-15-34-13-11-32-9-2-4-17-3-1-5-18-21(17)24(31)27(23(18)30)19-6-7-20(28)26-22(19)29/h1-3,6-8,10-11,13-18,24,34,44H,4-5,9,12,19-23,25-33,56H2,(H2,55,58)(H,57,64)(H,61,65,66);2-3,5-7,9-14,18-19H,4,8,15-17H2,1H3,(H2,32,33)(H,37,38);1,3,5,19H,2,4,6-16,25H2,(H,26,28,29). The molecule has 2 atom stereocenters. The van der Waals surface area contributed by atoms with Crippen molar-refractivity contribution in [2.75, 3.05) is 130 Å². The number of aromatic nitrogens is 8. The lowest BCUT2D eigenvalue weighted by atomic mass is 9.66. The molecular formula is C109H121N17O19.